The van der Waals surface area contributed by atoms with Crippen molar-refractivity contribution in [3.05, 3.63) is 28.8 Å². The number of carboxylic acid groups (broad SMARTS) is 1. The molecule has 112 valence electrons. The minimum absolute atomic E-state index is 0.121. The smallest absolute Gasteiger partial charge is 0.306 e. The summed E-state index contributed by atoms with van der Waals surface area (Å²) in [6.07, 6.45) is -0.631. The molecule has 1 aromatic heterocycles. The Morgan fingerprint density at radius 3 is 2.95 bits per heavy atom. The molecule has 1 atom stereocenters. The molecule has 8 heteroatoms. The molecule has 0 aliphatic carbocycles. The van der Waals surface area contributed by atoms with Crippen molar-refractivity contribution in [1.82, 2.24) is 20.2 Å². The Balaban J connectivity index is 2.30. The van der Waals surface area contributed by atoms with Crippen LogP contribution >= 0.6 is 11.6 Å². The lowest BCUT2D eigenvalue weighted by atomic mass is 10.1. The van der Waals surface area contributed by atoms with Crippen LogP contribution in [0.25, 0.3) is 11.4 Å². The Morgan fingerprint density at radius 2 is 2.29 bits per heavy atom. The molecule has 0 aliphatic rings. The molecule has 1 unspecified atom stereocenters. The highest BCUT2D eigenvalue weighted by Crippen LogP contribution is 2.26. The summed E-state index contributed by atoms with van der Waals surface area (Å²) in [4.78, 5) is 10.8. The molecule has 0 radical (unpaired) electrons. The molecular formula is C13H15ClN4O3. The zero-order valence-electron chi connectivity index (χ0n) is 11.7. The van der Waals surface area contributed by atoms with Gasteiger partial charge >= 0.3 is 5.97 Å². The Labute approximate surface area is 126 Å². The highest BCUT2D eigenvalue weighted by molar-refractivity contribution is 6.31. The summed E-state index contributed by atoms with van der Waals surface area (Å²) in [6, 6.07) is 5.47. The van der Waals surface area contributed by atoms with E-state index in [9.17, 15) is 4.79 Å². The number of tetrazole rings is 1. The highest BCUT2D eigenvalue weighted by Gasteiger charge is 2.18. The van der Waals surface area contributed by atoms with Gasteiger partial charge in [-0.3, -0.25) is 4.79 Å². The maximum Gasteiger partial charge on any atom is 0.306 e. The molecule has 1 N–H and O–H groups in total. The highest BCUT2D eigenvalue weighted by atomic mass is 35.5. The van der Waals surface area contributed by atoms with Gasteiger partial charge in [0.25, 0.3) is 0 Å². The zero-order valence-corrected chi connectivity index (χ0v) is 12.4. The van der Waals surface area contributed by atoms with Crippen LogP contribution in [0, 0.1) is 6.92 Å². The first-order valence-corrected chi connectivity index (χ1v) is 6.67. The van der Waals surface area contributed by atoms with E-state index in [-0.39, 0.29) is 13.0 Å². The van der Waals surface area contributed by atoms with Gasteiger partial charge in [0.15, 0.2) is 5.82 Å². The second kappa shape index (κ2) is 6.64. The predicted molar refractivity (Wildman–Crippen MR) is 76.0 cm³/mol. The summed E-state index contributed by atoms with van der Waals surface area (Å²) in [5, 5.41) is 21.0. The fourth-order valence-electron chi connectivity index (χ4n) is 1.98. The number of ether oxygens (including phenoxy) is 1. The molecule has 21 heavy (non-hydrogen) atoms. The van der Waals surface area contributed by atoms with Gasteiger partial charge < -0.3 is 9.84 Å². The normalized spacial score (nSPS) is 12.3. The largest absolute Gasteiger partial charge is 0.481 e. The van der Waals surface area contributed by atoms with Crippen LogP contribution < -0.4 is 0 Å². The fourth-order valence-corrected chi connectivity index (χ4v) is 2.15. The van der Waals surface area contributed by atoms with Crippen LogP contribution in [0.1, 0.15) is 12.0 Å². The van der Waals surface area contributed by atoms with Gasteiger partial charge in [-0.15, -0.1) is 5.10 Å². The molecule has 1 aromatic carbocycles. The minimum Gasteiger partial charge on any atom is -0.481 e. The van der Waals surface area contributed by atoms with E-state index in [0.717, 1.165) is 11.1 Å². The topological polar surface area (TPSA) is 90.1 Å². The molecule has 0 spiro atoms. The second-order valence-electron chi connectivity index (χ2n) is 4.55. The van der Waals surface area contributed by atoms with Crippen LogP contribution in [-0.4, -0.2) is 44.5 Å². The van der Waals surface area contributed by atoms with Crippen molar-refractivity contribution >= 4 is 17.6 Å². The van der Waals surface area contributed by atoms with Gasteiger partial charge in [0.1, 0.15) is 0 Å². The fraction of sp³-hybridized carbons (Fsp3) is 0.385. The number of methoxy groups -OCH3 is 1. The number of benzene rings is 1. The minimum atomic E-state index is -0.935. The van der Waals surface area contributed by atoms with Crippen molar-refractivity contribution in [2.45, 2.75) is 26.0 Å². The molecule has 2 aromatic rings. The number of aliphatic carboxylic acids is 1. The van der Waals surface area contributed by atoms with E-state index in [1.54, 1.807) is 6.07 Å². The zero-order chi connectivity index (χ0) is 15.4. The van der Waals surface area contributed by atoms with Crippen LogP contribution in [-0.2, 0) is 16.1 Å². The number of aromatic nitrogens is 4. The molecule has 0 saturated carbocycles. The van der Waals surface area contributed by atoms with Gasteiger partial charge in [0, 0.05) is 17.7 Å². The molecule has 0 fully saturated rings. The van der Waals surface area contributed by atoms with Crippen LogP contribution in [0.15, 0.2) is 18.2 Å². The lowest BCUT2D eigenvalue weighted by Crippen LogP contribution is -2.23. The maximum atomic E-state index is 10.8. The first-order chi connectivity index (χ1) is 10.0. The molecular weight excluding hydrogens is 296 g/mol. The van der Waals surface area contributed by atoms with Gasteiger partial charge in [-0.05, 0) is 29.0 Å². The van der Waals surface area contributed by atoms with Gasteiger partial charge in [-0.2, -0.15) is 0 Å². The number of rotatable bonds is 6. The third kappa shape index (κ3) is 3.56. The van der Waals surface area contributed by atoms with Crippen molar-refractivity contribution in [1.29, 1.82) is 0 Å². The number of nitrogens with zero attached hydrogens (tertiary/aromatic N) is 4. The van der Waals surface area contributed by atoms with Gasteiger partial charge in [0.05, 0.1) is 19.1 Å². The van der Waals surface area contributed by atoms with E-state index >= 15 is 0 Å². The van der Waals surface area contributed by atoms with E-state index in [1.807, 2.05) is 19.1 Å². The molecule has 0 amide bonds. The number of carboxylic acids is 1. The van der Waals surface area contributed by atoms with Crippen molar-refractivity contribution in [3.8, 4) is 11.4 Å². The van der Waals surface area contributed by atoms with Crippen molar-refractivity contribution in [3.63, 3.8) is 0 Å². The summed E-state index contributed by atoms with van der Waals surface area (Å²) in [7, 11) is 1.46. The standard InChI is InChI=1S/C13H15ClN4O3/c1-8-10(4-3-5-11(8)14)13-15-16-17-18(13)7-9(21-2)6-12(19)20/h3-5,9H,6-7H2,1-2H3,(H,19,20). The Kier molecular flexibility index (Phi) is 4.87. The van der Waals surface area contributed by atoms with E-state index in [2.05, 4.69) is 15.5 Å². The molecule has 7 nitrogen and oxygen atoms in total. The average molecular weight is 311 g/mol. The molecule has 0 saturated heterocycles. The summed E-state index contributed by atoms with van der Waals surface area (Å²) in [5.41, 5.74) is 1.67. The Bertz CT molecular complexity index is 644. The quantitative estimate of drug-likeness (QED) is 0.875. The average Bonchev–Trinajstić information content (AvgIpc) is 2.88. The maximum absolute atomic E-state index is 10.8. The third-order valence-corrected chi connectivity index (χ3v) is 3.56. The lowest BCUT2D eigenvalue weighted by Gasteiger charge is -2.14. The van der Waals surface area contributed by atoms with Crippen LogP contribution in [0.5, 0.6) is 0 Å². The number of hydrogen-bond donors (Lipinski definition) is 1. The van der Waals surface area contributed by atoms with Gasteiger partial charge in [-0.1, -0.05) is 23.7 Å². The van der Waals surface area contributed by atoms with Crippen molar-refractivity contribution in [2.24, 2.45) is 0 Å². The van der Waals surface area contributed by atoms with Crippen LogP contribution in [0.3, 0.4) is 0 Å². The molecule has 0 aliphatic heterocycles. The first-order valence-electron chi connectivity index (χ1n) is 6.29. The van der Waals surface area contributed by atoms with Gasteiger partial charge in [0.2, 0.25) is 0 Å². The second-order valence-corrected chi connectivity index (χ2v) is 4.96. The number of halogens is 1. The number of hydrogen-bond acceptors (Lipinski definition) is 5. The Hall–Kier alpha value is -1.99. The summed E-state index contributed by atoms with van der Waals surface area (Å²) < 4.78 is 6.68. The first kappa shape index (κ1) is 15.4. The monoisotopic (exact) mass is 310 g/mol. The van der Waals surface area contributed by atoms with Crippen LogP contribution in [0.2, 0.25) is 5.02 Å². The molecule has 2 rings (SSSR count). The summed E-state index contributed by atoms with van der Waals surface area (Å²) in [6.45, 7) is 2.12. The SMILES string of the molecule is COC(CC(=O)O)Cn1nnnc1-c1cccc(Cl)c1C. The van der Waals surface area contributed by atoms with E-state index < -0.39 is 12.1 Å². The van der Waals surface area contributed by atoms with Gasteiger partial charge in [-0.25, -0.2) is 4.68 Å². The van der Waals surface area contributed by atoms with Crippen LogP contribution in [0.4, 0.5) is 0 Å². The molecule has 1 heterocycles. The summed E-state index contributed by atoms with van der Waals surface area (Å²) in [5.74, 6) is -0.405. The van der Waals surface area contributed by atoms with E-state index in [4.69, 9.17) is 21.4 Å². The Morgan fingerprint density at radius 1 is 1.52 bits per heavy atom. The summed E-state index contributed by atoms with van der Waals surface area (Å²) >= 11 is 6.10. The van der Waals surface area contributed by atoms with E-state index in [1.165, 1.54) is 11.8 Å². The van der Waals surface area contributed by atoms with E-state index in [0.29, 0.717) is 10.8 Å². The lowest BCUT2D eigenvalue weighted by molar-refractivity contribution is -0.140. The number of carbonyl (C=O) groups is 1. The van der Waals surface area contributed by atoms with Crippen molar-refractivity contribution in [2.75, 3.05) is 7.11 Å². The predicted octanol–water partition coefficient (Wildman–Crippen LogP) is 1.79. The molecule has 0 bridgehead atoms. The third-order valence-electron chi connectivity index (χ3n) is 3.15. The van der Waals surface area contributed by atoms with Crippen molar-refractivity contribution < 1.29 is 14.6 Å².